The van der Waals surface area contributed by atoms with Crippen LogP contribution in [0.5, 0.6) is 11.5 Å². The molecule has 0 aromatic heterocycles. The molecule has 0 atom stereocenters. The van der Waals surface area contributed by atoms with Crippen LogP contribution in [0.4, 0.5) is 0 Å². The fourth-order valence-electron chi connectivity index (χ4n) is 3.22. The largest absolute Gasteiger partial charge is 0.488 e. The topological polar surface area (TPSA) is 47.6 Å². The van der Waals surface area contributed by atoms with Gasteiger partial charge in [0.25, 0.3) is 0 Å². The molecule has 186 valence electrons. The number of amides is 1. The first-order chi connectivity index (χ1) is 16.0. The van der Waals surface area contributed by atoms with Crippen LogP contribution in [0.25, 0.3) is 6.08 Å². The van der Waals surface area contributed by atoms with E-state index in [1.807, 2.05) is 42.5 Å². The van der Waals surface area contributed by atoms with E-state index in [4.69, 9.17) is 9.47 Å². The standard InChI is InChI=1S/C30H43NO3/c1-8-29(4,5)33-26-19-18-25(27(22-26)34-30(6,7)9-2)12-10-11-21-31-28(32)20-17-24-15-13-23(3)14-16-24/h13-20,22H,8-12,21H2,1-7H3,(H,31,32). The van der Waals surface area contributed by atoms with Gasteiger partial charge < -0.3 is 14.8 Å². The van der Waals surface area contributed by atoms with Gasteiger partial charge in [-0.3, -0.25) is 4.79 Å². The third kappa shape index (κ3) is 9.62. The van der Waals surface area contributed by atoms with Gasteiger partial charge in [0.15, 0.2) is 0 Å². The Kier molecular flexibility index (Phi) is 10.2. The zero-order chi connectivity index (χ0) is 25.2. The molecule has 1 N–H and O–H groups in total. The SMILES string of the molecule is CCC(C)(C)Oc1ccc(CCCCNC(=O)C=Cc2ccc(C)cc2)c(OC(C)(C)CC)c1. The quantitative estimate of drug-likeness (QED) is 0.250. The maximum Gasteiger partial charge on any atom is 0.243 e. The van der Waals surface area contributed by atoms with Gasteiger partial charge in [0, 0.05) is 18.7 Å². The average molecular weight is 466 g/mol. The molecule has 34 heavy (non-hydrogen) atoms. The molecular weight excluding hydrogens is 422 g/mol. The van der Waals surface area contributed by atoms with E-state index in [-0.39, 0.29) is 17.1 Å². The Labute approximate surface area is 206 Å². The summed E-state index contributed by atoms with van der Waals surface area (Å²) in [6.45, 7) is 15.4. The predicted molar refractivity (Wildman–Crippen MR) is 143 cm³/mol. The minimum absolute atomic E-state index is 0.0608. The summed E-state index contributed by atoms with van der Waals surface area (Å²) in [6, 6.07) is 14.3. The van der Waals surface area contributed by atoms with Gasteiger partial charge in [-0.1, -0.05) is 49.7 Å². The van der Waals surface area contributed by atoms with Crippen molar-refractivity contribution in [2.45, 2.75) is 91.8 Å². The summed E-state index contributed by atoms with van der Waals surface area (Å²) in [5.41, 5.74) is 2.95. The molecule has 0 aliphatic carbocycles. The third-order valence-corrected chi connectivity index (χ3v) is 6.20. The molecule has 0 aliphatic rings. The van der Waals surface area contributed by atoms with E-state index >= 15 is 0 Å². The number of carbonyl (C=O) groups excluding carboxylic acids is 1. The number of ether oxygens (including phenoxy) is 2. The molecule has 2 rings (SSSR count). The predicted octanol–water partition coefficient (Wildman–Crippen LogP) is 7.28. The minimum atomic E-state index is -0.245. The summed E-state index contributed by atoms with van der Waals surface area (Å²) in [5.74, 6) is 1.67. The molecule has 0 saturated heterocycles. The molecule has 0 spiro atoms. The lowest BCUT2D eigenvalue weighted by molar-refractivity contribution is -0.116. The highest BCUT2D eigenvalue weighted by atomic mass is 16.5. The number of rotatable bonds is 13. The van der Waals surface area contributed by atoms with Gasteiger partial charge in [-0.15, -0.1) is 0 Å². The van der Waals surface area contributed by atoms with E-state index in [0.29, 0.717) is 6.54 Å². The monoisotopic (exact) mass is 465 g/mol. The molecular formula is C30H43NO3. The normalized spacial score (nSPS) is 12.1. The molecule has 0 unspecified atom stereocenters. The number of aryl methyl sites for hydroxylation is 2. The second kappa shape index (κ2) is 12.6. The summed E-state index contributed by atoms with van der Waals surface area (Å²) in [5, 5.41) is 2.98. The van der Waals surface area contributed by atoms with Crippen molar-refractivity contribution >= 4 is 12.0 Å². The second-order valence-corrected chi connectivity index (χ2v) is 10.2. The second-order valence-electron chi connectivity index (χ2n) is 10.2. The lowest BCUT2D eigenvalue weighted by Gasteiger charge is -2.29. The highest BCUT2D eigenvalue weighted by molar-refractivity contribution is 5.91. The van der Waals surface area contributed by atoms with Crippen molar-refractivity contribution in [2.24, 2.45) is 0 Å². The first-order valence-corrected chi connectivity index (χ1v) is 12.6. The minimum Gasteiger partial charge on any atom is -0.488 e. The number of carbonyl (C=O) groups is 1. The maximum atomic E-state index is 12.1. The van der Waals surface area contributed by atoms with Crippen LogP contribution < -0.4 is 14.8 Å². The Morgan fingerprint density at radius 3 is 2.21 bits per heavy atom. The van der Waals surface area contributed by atoms with Crippen LogP contribution in [0.3, 0.4) is 0 Å². The van der Waals surface area contributed by atoms with E-state index in [1.165, 1.54) is 11.1 Å². The van der Waals surface area contributed by atoms with Gasteiger partial charge in [-0.2, -0.15) is 0 Å². The van der Waals surface area contributed by atoms with Crippen LogP contribution in [-0.4, -0.2) is 23.7 Å². The lowest BCUT2D eigenvalue weighted by Crippen LogP contribution is -2.28. The lowest BCUT2D eigenvalue weighted by atomic mass is 10.0. The average Bonchev–Trinajstić information content (AvgIpc) is 2.79. The van der Waals surface area contributed by atoms with Crippen LogP contribution in [0.15, 0.2) is 48.5 Å². The number of benzene rings is 2. The Balaban J connectivity index is 1.90. The summed E-state index contributed by atoms with van der Waals surface area (Å²) in [6.07, 6.45) is 8.05. The Bertz CT molecular complexity index is 942. The Morgan fingerprint density at radius 2 is 1.56 bits per heavy atom. The van der Waals surface area contributed by atoms with Crippen LogP contribution in [0.1, 0.15) is 83.9 Å². The van der Waals surface area contributed by atoms with Gasteiger partial charge in [0.2, 0.25) is 5.91 Å². The molecule has 0 saturated carbocycles. The number of nitrogens with one attached hydrogen (secondary N) is 1. The molecule has 4 heteroatoms. The molecule has 0 fully saturated rings. The zero-order valence-corrected chi connectivity index (χ0v) is 22.2. The van der Waals surface area contributed by atoms with Gasteiger partial charge in [-0.05, 0) is 90.0 Å². The van der Waals surface area contributed by atoms with Crippen molar-refractivity contribution in [2.75, 3.05) is 6.54 Å². The maximum absolute atomic E-state index is 12.1. The number of hydrogen-bond donors (Lipinski definition) is 1. The van der Waals surface area contributed by atoms with Gasteiger partial charge in [0.1, 0.15) is 22.7 Å². The summed E-state index contributed by atoms with van der Waals surface area (Å²) in [7, 11) is 0. The van der Waals surface area contributed by atoms with Gasteiger partial charge in [-0.25, -0.2) is 0 Å². The van der Waals surface area contributed by atoms with Crippen LogP contribution in [0, 0.1) is 6.92 Å². The van der Waals surface area contributed by atoms with E-state index in [2.05, 4.69) is 59.8 Å². The van der Waals surface area contributed by atoms with E-state index < -0.39 is 0 Å². The molecule has 0 aliphatic heterocycles. The van der Waals surface area contributed by atoms with Crippen molar-refractivity contribution in [3.05, 3.63) is 65.2 Å². The van der Waals surface area contributed by atoms with Crippen LogP contribution in [-0.2, 0) is 11.2 Å². The molecule has 2 aromatic carbocycles. The van der Waals surface area contributed by atoms with E-state index in [9.17, 15) is 4.79 Å². The Morgan fingerprint density at radius 1 is 0.912 bits per heavy atom. The molecule has 0 radical (unpaired) electrons. The highest BCUT2D eigenvalue weighted by Gasteiger charge is 2.21. The van der Waals surface area contributed by atoms with Crippen molar-refractivity contribution in [3.8, 4) is 11.5 Å². The number of unbranched alkanes of at least 4 members (excludes halogenated alkanes) is 1. The van der Waals surface area contributed by atoms with Gasteiger partial charge >= 0.3 is 0 Å². The van der Waals surface area contributed by atoms with Crippen molar-refractivity contribution in [1.82, 2.24) is 5.32 Å². The molecule has 1 amide bonds. The summed E-state index contributed by atoms with van der Waals surface area (Å²) >= 11 is 0. The number of hydrogen-bond acceptors (Lipinski definition) is 3. The van der Waals surface area contributed by atoms with Crippen molar-refractivity contribution in [1.29, 1.82) is 0 Å². The molecule has 2 aromatic rings. The molecule has 4 nitrogen and oxygen atoms in total. The first-order valence-electron chi connectivity index (χ1n) is 12.6. The van der Waals surface area contributed by atoms with Gasteiger partial charge in [0.05, 0.1) is 0 Å². The summed E-state index contributed by atoms with van der Waals surface area (Å²) in [4.78, 5) is 12.1. The highest BCUT2D eigenvalue weighted by Crippen LogP contribution is 2.32. The van der Waals surface area contributed by atoms with Crippen LogP contribution >= 0.6 is 0 Å². The smallest absolute Gasteiger partial charge is 0.243 e. The van der Waals surface area contributed by atoms with Crippen LogP contribution in [0.2, 0.25) is 0 Å². The first kappa shape index (κ1) is 27.5. The fraction of sp³-hybridized carbons (Fsp3) is 0.500. The van der Waals surface area contributed by atoms with Crippen molar-refractivity contribution < 1.29 is 14.3 Å². The van der Waals surface area contributed by atoms with E-state index in [1.54, 1.807) is 6.08 Å². The molecule has 0 bridgehead atoms. The summed E-state index contributed by atoms with van der Waals surface area (Å²) < 4.78 is 12.6. The van der Waals surface area contributed by atoms with Crippen molar-refractivity contribution in [3.63, 3.8) is 0 Å². The zero-order valence-electron chi connectivity index (χ0n) is 22.2. The fourth-order valence-corrected chi connectivity index (χ4v) is 3.22. The van der Waals surface area contributed by atoms with E-state index in [0.717, 1.165) is 49.2 Å². The molecule has 0 heterocycles. The third-order valence-electron chi connectivity index (χ3n) is 6.20. The Hall–Kier alpha value is -2.75.